The second kappa shape index (κ2) is 13.3. The molecule has 8 nitrogen and oxygen atoms in total. The van der Waals surface area contributed by atoms with Gasteiger partial charge in [-0.1, -0.05) is 72.3 Å². The van der Waals surface area contributed by atoms with Crippen LogP contribution in [0.5, 0.6) is 5.75 Å². The summed E-state index contributed by atoms with van der Waals surface area (Å²) in [5.41, 5.74) is 1.72. The highest BCUT2D eigenvalue weighted by atomic mass is 35.5. The molecule has 38 heavy (non-hydrogen) atoms. The first kappa shape index (κ1) is 29.0. The molecule has 0 bridgehead atoms. The van der Waals surface area contributed by atoms with Gasteiger partial charge in [-0.25, -0.2) is 8.42 Å². The van der Waals surface area contributed by atoms with Gasteiger partial charge in [0.2, 0.25) is 21.8 Å². The number of carbonyl (C=O) groups excluding carboxylic acids is 2. The first-order chi connectivity index (χ1) is 18.2. The van der Waals surface area contributed by atoms with Gasteiger partial charge in [-0.15, -0.1) is 0 Å². The number of carbonyl (C=O) groups is 2. The van der Waals surface area contributed by atoms with E-state index in [1.807, 2.05) is 30.3 Å². The van der Waals surface area contributed by atoms with Crippen LogP contribution in [0.3, 0.4) is 0 Å². The Morgan fingerprint density at radius 1 is 0.974 bits per heavy atom. The summed E-state index contributed by atoms with van der Waals surface area (Å²) in [6.07, 6.45) is 1.26. The fourth-order valence-electron chi connectivity index (χ4n) is 4.07. The summed E-state index contributed by atoms with van der Waals surface area (Å²) in [4.78, 5) is 28.5. The summed E-state index contributed by atoms with van der Waals surface area (Å²) in [5.74, 6) is -0.612. The van der Waals surface area contributed by atoms with Gasteiger partial charge < -0.3 is 15.0 Å². The monoisotopic (exact) mass is 557 g/mol. The molecule has 0 heterocycles. The Labute approximate surface area is 229 Å². The van der Waals surface area contributed by atoms with Crippen molar-refractivity contribution in [1.29, 1.82) is 0 Å². The predicted octanol–water partition coefficient (Wildman–Crippen LogP) is 3.89. The Bertz CT molecular complexity index is 1350. The van der Waals surface area contributed by atoms with Gasteiger partial charge in [0.1, 0.15) is 18.3 Å². The summed E-state index contributed by atoms with van der Waals surface area (Å²) in [5, 5.41) is 3.08. The number of sulfonamides is 1. The molecule has 1 atom stereocenters. The highest BCUT2D eigenvalue weighted by Crippen LogP contribution is 2.30. The Morgan fingerprint density at radius 3 is 2.24 bits per heavy atom. The Kier molecular flexibility index (Phi) is 10.2. The minimum Gasteiger partial charge on any atom is -0.492 e. The fraction of sp³-hybridized carbons (Fsp3) is 0.286. The maximum absolute atomic E-state index is 14.0. The number of para-hydroxylation sites is 2. The van der Waals surface area contributed by atoms with Crippen LogP contribution < -0.4 is 14.4 Å². The lowest BCUT2D eigenvalue weighted by atomic mass is 10.0. The van der Waals surface area contributed by atoms with Crippen LogP contribution in [0.15, 0.2) is 78.9 Å². The lowest BCUT2D eigenvalue weighted by molar-refractivity contribution is -0.139. The van der Waals surface area contributed by atoms with E-state index in [4.69, 9.17) is 16.3 Å². The van der Waals surface area contributed by atoms with E-state index in [2.05, 4.69) is 5.32 Å². The van der Waals surface area contributed by atoms with E-state index in [-0.39, 0.29) is 24.6 Å². The van der Waals surface area contributed by atoms with Crippen molar-refractivity contribution in [2.75, 3.05) is 30.8 Å². The Balaban J connectivity index is 2.06. The van der Waals surface area contributed by atoms with Crippen molar-refractivity contribution >= 4 is 39.1 Å². The summed E-state index contributed by atoms with van der Waals surface area (Å²) >= 11 is 6.42. The maximum Gasteiger partial charge on any atom is 0.244 e. The molecule has 3 aromatic rings. The van der Waals surface area contributed by atoms with Crippen LogP contribution in [-0.2, 0) is 32.6 Å². The molecule has 0 saturated carbocycles. The molecule has 0 aliphatic carbocycles. The molecule has 1 unspecified atom stereocenters. The number of halogens is 1. The number of nitrogens with zero attached hydrogens (tertiary/aromatic N) is 2. The van der Waals surface area contributed by atoms with Crippen molar-refractivity contribution in [3.63, 3.8) is 0 Å². The number of anilines is 1. The molecule has 0 spiro atoms. The molecular weight excluding hydrogens is 526 g/mol. The quantitative estimate of drug-likeness (QED) is 0.364. The van der Waals surface area contributed by atoms with E-state index in [1.54, 1.807) is 55.5 Å². The number of rotatable bonds is 12. The van der Waals surface area contributed by atoms with Gasteiger partial charge in [0.15, 0.2) is 0 Å². The molecular formula is C28H32ClN3O5S. The van der Waals surface area contributed by atoms with Crippen LogP contribution in [0.1, 0.15) is 18.1 Å². The van der Waals surface area contributed by atoms with Gasteiger partial charge >= 0.3 is 0 Å². The number of amides is 2. The molecule has 2 amide bonds. The molecule has 0 radical (unpaired) electrons. The SMILES string of the molecule is CCOc1ccccc1N(CC(=O)N(Cc1ccccc1Cl)C(Cc1ccccc1)C(=O)NC)S(C)(=O)=O. The number of nitrogens with one attached hydrogen (secondary N) is 1. The second-order valence-corrected chi connectivity index (χ2v) is 10.9. The first-order valence-electron chi connectivity index (χ1n) is 12.1. The number of ether oxygens (including phenoxy) is 1. The minimum absolute atomic E-state index is 0.00807. The molecule has 10 heteroatoms. The zero-order valence-corrected chi connectivity index (χ0v) is 23.2. The van der Waals surface area contributed by atoms with E-state index in [9.17, 15) is 18.0 Å². The van der Waals surface area contributed by atoms with Crippen molar-refractivity contribution in [2.24, 2.45) is 0 Å². The molecule has 0 saturated heterocycles. The minimum atomic E-state index is -3.90. The molecule has 3 rings (SSSR count). The largest absolute Gasteiger partial charge is 0.492 e. The smallest absolute Gasteiger partial charge is 0.244 e. The van der Waals surface area contributed by atoms with E-state index in [0.29, 0.717) is 22.9 Å². The van der Waals surface area contributed by atoms with E-state index in [1.165, 1.54) is 11.9 Å². The maximum atomic E-state index is 14.0. The van der Waals surface area contributed by atoms with Crippen LogP contribution in [0.2, 0.25) is 5.02 Å². The average molecular weight is 558 g/mol. The van der Waals surface area contributed by atoms with Gasteiger partial charge in [0.05, 0.1) is 18.6 Å². The third-order valence-corrected chi connectivity index (χ3v) is 7.42. The van der Waals surface area contributed by atoms with E-state index < -0.39 is 28.5 Å². The van der Waals surface area contributed by atoms with Crippen molar-refractivity contribution in [3.8, 4) is 5.75 Å². The third-order valence-electron chi connectivity index (χ3n) is 5.93. The van der Waals surface area contributed by atoms with Crippen molar-refractivity contribution in [3.05, 3.63) is 95.0 Å². The number of hydrogen-bond donors (Lipinski definition) is 1. The standard InChI is InChI=1S/C28H32ClN3O5S/c1-4-37-26-17-11-10-16-24(26)32(38(3,35)36)20-27(33)31(19-22-14-8-9-15-23(22)29)25(28(34)30-2)18-21-12-6-5-7-13-21/h5-17,25H,4,18-20H2,1-3H3,(H,30,34). The molecule has 3 aromatic carbocycles. The van der Waals surface area contributed by atoms with Crippen LogP contribution in [-0.4, -0.2) is 57.6 Å². The number of benzene rings is 3. The summed E-state index contributed by atoms with van der Waals surface area (Å²) in [6, 6.07) is 22.0. The van der Waals surface area contributed by atoms with Gasteiger partial charge in [-0.3, -0.25) is 13.9 Å². The molecule has 0 aromatic heterocycles. The van der Waals surface area contributed by atoms with Crippen molar-refractivity contribution in [1.82, 2.24) is 10.2 Å². The highest BCUT2D eigenvalue weighted by molar-refractivity contribution is 7.92. The van der Waals surface area contributed by atoms with Crippen LogP contribution in [0.4, 0.5) is 5.69 Å². The van der Waals surface area contributed by atoms with Gasteiger partial charge in [-0.05, 0) is 36.2 Å². The lowest BCUT2D eigenvalue weighted by Crippen LogP contribution is -2.53. The highest BCUT2D eigenvalue weighted by Gasteiger charge is 2.33. The van der Waals surface area contributed by atoms with Crippen molar-refractivity contribution in [2.45, 2.75) is 25.9 Å². The summed E-state index contributed by atoms with van der Waals surface area (Å²) < 4.78 is 32.5. The summed E-state index contributed by atoms with van der Waals surface area (Å²) in [7, 11) is -2.40. The van der Waals surface area contributed by atoms with Crippen LogP contribution in [0.25, 0.3) is 0 Å². The number of hydrogen-bond acceptors (Lipinski definition) is 5. The Morgan fingerprint density at radius 2 is 1.61 bits per heavy atom. The zero-order valence-electron chi connectivity index (χ0n) is 21.6. The summed E-state index contributed by atoms with van der Waals surface area (Å²) in [6.45, 7) is 1.58. The number of likely N-dealkylation sites (N-methyl/N-ethyl adjacent to an activating group) is 1. The molecule has 0 aliphatic rings. The van der Waals surface area contributed by atoms with Crippen LogP contribution in [0, 0.1) is 0 Å². The molecule has 0 fully saturated rings. The van der Waals surface area contributed by atoms with Crippen molar-refractivity contribution < 1.29 is 22.7 Å². The second-order valence-electron chi connectivity index (χ2n) is 8.60. The topological polar surface area (TPSA) is 96.0 Å². The van der Waals surface area contributed by atoms with Gasteiger partial charge in [0.25, 0.3) is 0 Å². The van der Waals surface area contributed by atoms with E-state index >= 15 is 0 Å². The third kappa shape index (κ3) is 7.49. The first-order valence-corrected chi connectivity index (χ1v) is 14.4. The fourth-order valence-corrected chi connectivity index (χ4v) is 5.11. The van der Waals surface area contributed by atoms with Gasteiger partial charge in [-0.2, -0.15) is 0 Å². The Hall–Kier alpha value is -3.56. The molecule has 0 aliphatic heterocycles. The van der Waals surface area contributed by atoms with E-state index in [0.717, 1.165) is 16.1 Å². The normalized spacial score (nSPS) is 11.9. The van der Waals surface area contributed by atoms with Crippen LogP contribution >= 0.6 is 11.6 Å². The lowest BCUT2D eigenvalue weighted by Gasteiger charge is -2.33. The molecule has 1 N–H and O–H groups in total. The van der Waals surface area contributed by atoms with Gasteiger partial charge in [0, 0.05) is 25.0 Å². The predicted molar refractivity (Wildman–Crippen MR) is 150 cm³/mol. The zero-order chi connectivity index (χ0) is 27.7. The average Bonchev–Trinajstić information content (AvgIpc) is 2.90. The molecule has 202 valence electrons.